The number of carbonyl (C=O) groups excluding carboxylic acids is 1. The predicted octanol–water partition coefficient (Wildman–Crippen LogP) is 17.3. The highest BCUT2D eigenvalue weighted by Crippen LogP contribution is 2.38. The molecule has 0 spiro atoms. The van der Waals surface area contributed by atoms with Crippen LogP contribution in [0.1, 0.15) is 232 Å². The van der Waals surface area contributed by atoms with Crippen LogP contribution in [-0.4, -0.2) is 68.5 Å². The normalized spacial score (nSPS) is 14.7. The van der Waals surface area contributed by atoms with Crippen LogP contribution in [0.4, 0.5) is 0 Å². The smallest absolute Gasteiger partial charge is 0.268 e. The molecule has 0 bridgehead atoms. The van der Waals surface area contributed by atoms with Crippen LogP contribution in [0.25, 0.3) is 0 Å². The first-order valence-corrected chi connectivity index (χ1v) is 30.7. The van der Waals surface area contributed by atoms with Crippen molar-refractivity contribution in [2.24, 2.45) is 0 Å². The van der Waals surface area contributed by atoms with Crippen molar-refractivity contribution in [3.8, 4) is 0 Å². The van der Waals surface area contributed by atoms with Gasteiger partial charge in [-0.3, -0.25) is 9.36 Å². The zero-order valence-corrected chi connectivity index (χ0v) is 48.0. The quantitative estimate of drug-likeness (QED) is 0.0272. The van der Waals surface area contributed by atoms with Crippen LogP contribution < -0.4 is 10.2 Å². The molecule has 1 amide bonds. The highest BCUT2D eigenvalue weighted by atomic mass is 31.2. The van der Waals surface area contributed by atoms with Gasteiger partial charge in [-0.1, -0.05) is 252 Å². The van der Waals surface area contributed by atoms with E-state index in [2.05, 4.69) is 129 Å². The summed E-state index contributed by atoms with van der Waals surface area (Å²) in [5.41, 5.74) is 0. The summed E-state index contributed by atoms with van der Waals surface area (Å²) in [4.78, 5) is 25.5. The summed E-state index contributed by atoms with van der Waals surface area (Å²) in [5, 5.41) is 14.0. The minimum atomic E-state index is -4.58. The molecule has 0 saturated carbocycles. The fourth-order valence-electron chi connectivity index (χ4n) is 7.97. The Bertz CT molecular complexity index is 1540. The zero-order chi connectivity index (χ0) is 52.7. The second kappa shape index (κ2) is 53.0. The maximum Gasteiger partial charge on any atom is 0.268 e. The number of phosphoric acid groups is 1. The molecule has 9 heteroatoms. The highest BCUT2D eigenvalue weighted by Gasteiger charge is 2.24. The number of nitrogens with zero attached hydrogens (tertiary/aromatic N) is 1. The molecule has 3 atom stereocenters. The van der Waals surface area contributed by atoms with Gasteiger partial charge in [-0.25, -0.2) is 0 Å². The van der Waals surface area contributed by atoms with Gasteiger partial charge in [0.05, 0.1) is 39.9 Å². The summed E-state index contributed by atoms with van der Waals surface area (Å²) in [5.74, 6) is -0.176. The molecule has 0 radical (unpaired) electrons. The van der Waals surface area contributed by atoms with Gasteiger partial charge in [-0.2, -0.15) is 0 Å². The second-order valence-corrected chi connectivity index (χ2v) is 22.0. The van der Waals surface area contributed by atoms with Crippen LogP contribution in [0.3, 0.4) is 0 Å². The molecule has 72 heavy (non-hydrogen) atoms. The van der Waals surface area contributed by atoms with E-state index in [1.165, 1.54) is 103 Å². The maximum absolute atomic E-state index is 13.0. The first kappa shape index (κ1) is 69.2. The van der Waals surface area contributed by atoms with E-state index in [9.17, 15) is 19.4 Å². The lowest BCUT2D eigenvalue weighted by Gasteiger charge is -2.30. The number of aliphatic hydroxyl groups excluding tert-OH is 1. The lowest BCUT2D eigenvalue weighted by atomic mass is 10.0. The van der Waals surface area contributed by atoms with Gasteiger partial charge >= 0.3 is 0 Å². The average molecular weight is 1020 g/mol. The van der Waals surface area contributed by atoms with Crippen molar-refractivity contribution in [1.82, 2.24) is 5.32 Å². The van der Waals surface area contributed by atoms with Crippen LogP contribution in [0.15, 0.2) is 109 Å². The summed E-state index contributed by atoms with van der Waals surface area (Å²) in [6, 6.07) is -0.810. The summed E-state index contributed by atoms with van der Waals surface area (Å²) >= 11 is 0. The third-order valence-corrected chi connectivity index (χ3v) is 13.5. The van der Waals surface area contributed by atoms with Crippen LogP contribution >= 0.6 is 7.82 Å². The molecule has 0 aromatic rings. The Morgan fingerprint density at radius 3 is 1.24 bits per heavy atom. The van der Waals surface area contributed by atoms with Crippen LogP contribution in [0.5, 0.6) is 0 Å². The molecule has 414 valence electrons. The van der Waals surface area contributed by atoms with E-state index in [-0.39, 0.29) is 19.1 Å². The van der Waals surface area contributed by atoms with Gasteiger partial charge in [0.15, 0.2) is 0 Å². The fraction of sp³-hybridized carbons (Fsp3) is 0.698. The Balaban J connectivity index is 4.10. The topological polar surface area (TPSA) is 108 Å². The minimum absolute atomic E-state index is 0.00618. The Kier molecular flexibility index (Phi) is 50.9. The lowest BCUT2D eigenvalue weighted by Crippen LogP contribution is -2.46. The molecule has 8 nitrogen and oxygen atoms in total. The third-order valence-electron chi connectivity index (χ3n) is 12.5. The number of quaternary nitrogens is 1. The number of unbranched alkanes of at least 4 members (excludes halogenated alkanes) is 21. The first-order chi connectivity index (χ1) is 35.0. The number of phosphoric ester groups is 1. The molecule has 0 aliphatic heterocycles. The standard InChI is InChI=1S/C63H111N2O6P/c1-6-8-10-12-14-16-18-20-21-22-23-24-25-26-27-28-29-30-31-32-33-34-35-36-37-38-39-40-41-42-43-45-47-49-51-53-55-57-63(67)64-61(60-71-72(68,69)70-59-58-65(3,4)5)62(66)56-54-52-50-48-46-44-19-17-15-13-11-9-7-2/h8,10,14,16,20-21,23-24,26-27,29-30,32-33,35-36,38-39,61-62,66H,6-7,9,11-13,15,17-19,22,25,28,31,34,37,40-60H2,1-5H3,(H-,64,67,68,69)/b10-8-,16-14-,21-20-,24-23-,27-26-,30-29-,33-32-,36-35-,39-38-. The van der Waals surface area contributed by atoms with Crippen molar-refractivity contribution < 1.29 is 32.9 Å². The summed E-state index contributed by atoms with van der Waals surface area (Å²) in [6.45, 7) is 4.59. The number of amides is 1. The number of carbonyl (C=O) groups is 1. The Morgan fingerprint density at radius 1 is 0.500 bits per heavy atom. The number of aliphatic hydroxyl groups is 1. The monoisotopic (exact) mass is 1020 g/mol. The van der Waals surface area contributed by atoms with Crippen LogP contribution in [0.2, 0.25) is 0 Å². The average Bonchev–Trinajstić information content (AvgIpc) is 3.34. The number of hydrogen-bond acceptors (Lipinski definition) is 6. The van der Waals surface area contributed by atoms with Crippen LogP contribution in [0, 0.1) is 0 Å². The molecule has 0 rings (SSSR count). The van der Waals surface area contributed by atoms with Crippen molar-refractivity contribution in [1.29, 1.82) is 0 Å². The molecule has 0 heterocycles. The van der Waals surface area contributed by atoms with Crippen molar-refractivity contribution in [3.63, 3.8) is 0 Å². The molecule has 0 aromatic heterocycles. The summed E-state index contributed by atoms with van der Waals surface area (Å²) in [7, 11) is 1.29. The van der Waals surface area contributed by atoms with Crippen LogP contribution in [-0.2, 0) is 18.4 Å². The molecule has 3 unspecified atom stereocenters. The molecule has 0 aliphatic carbocycles. The first-order valence-electron chi connectivity index (χ1n) is 29.2. The maximum atomic E-state index is 13.0. The molecule has 2 N–H and O–H groups in total. The fourth-order valence-corrected chi connectivity index (χ4v) is 8.70. The van der Waals surface area contributed by atoms with Crippen molar-refractivity contribution in [2.75, 3.05) is 40.9 Å². The van der Waals surface area contributed by atoms with E-state index >= 15 is 0 Å². The van der Waals surface area contributed by atoms with Gasteiger partial charge in [0.2, 0.25) is 5.91 Å². The van der Waals surface area contributed by atoms with E-state index in [1.54, 1.807) is 0 Å². The Labute approximate surface area is 444 Å². The molecular weight excluding hydrogens is 912 g/mol. The zero-order valence-electron chi connectivity index (χ0n) is 47.1. The third kappa shape index (κ3) is 54.9. The van der Waals surface area contributed by atoms with E-state index in [1.807, 2.05) is 21.1 Å². The Morgan fingerprint density at radius 2 is 0.847 bits per heavy atom. The van der Waals surface area contributed by atoms with Gasteiger partial charge < -0.3 is 28.8 Å². The number of rotatable bonds is 52. The molecule has 0 aromatic carbocycles. The number of nitrogens with one attached hydrogen (secondary N) is 1. The minimum Gasteiger partial charge on any atom is -0.756 e. The van der Waals surface area contributed by atoms with Crippen molar-refractivity contribution >= 4 is 13.7 Å². The lowest BCUT2D eigenvalue weighted by molar-refractivity contribution is -0.870. The van der Waals surface area contributed by atoms with Crippen molar-refractivity contribution in [3.05, 3.63) is 109 Å². The predicted molar refractivity (Wildman–Crippen MR) is 311 cm³/mol. The SMILES string of the molecule is CC/C=C\C/C=C\C/C=C\C/C=C\C/C=C\C/C=C\C/C=C\C/C=C\C/C=C\CCCCCCCCCCCC(=O)NC(COP(=O)([O-])OCC[N+](C)(C)C)C(O)CCCCCCCCCCCCCCC. The molecule has 0 aliphatic rings. The largest absolute Gasteiger partial charge is 0.756 e. The van der Waals surface area contributed by atoms with Gasteiger partial charge in [-0.15, -0.1) is 0 Å². The molecule has 0 fully saturated rings. The van der Waals surface area contributed by atoms with Gasteiger partial charge in [0, 0.05) is 6.42 Å². The van der Waals surface area contributed by atoms with Crippen molar-refractivity contribution in [2.45, 2.75) is 244 Å². The van der Waals surface area contributed by atoms with Gasteiger partial charge in [0.25, 0.3) is 7.82 Å². The highest BCUT2D eigenvalue weighted by molar-refractivity contribution is 7.45. The Hall–Kier alpha value is -2.84. The number of hydrogen-bond donors (Lipinski definition) is 2. The summed E-state index contributed by atoms with van der Waals surface area (Å²) in [6.07, 6.45) is 76.9. The molecular formula is C63H111N2O6P. The number of likely N-dealkylation sites (N-methyl/N-ethyl adjacent to an activating group) is 1. The van der Waals surface area contributed by atoms with E-state index in [0.717, 1.165) is 103 Å². The van der Waals surface area contributed by atoms with Gasteiger partial charge in [-0.05, 0) is 83.5 Å². The van der Waals surface area contributed by atoms with E-state index in [4.69, 9.17) is 9.05 Å². The van der Waals surface area contributed by atoms with E-state index < -0.39 is 20.0 Å². The summed E-state index contributed by atoms with van der Waals surface area (Å²) < 4.78 is 23.4. The van der Waals surface area contributed by atoms with E-state index in [0.29, 0.717) is 23.9 Å². The van der Waals surface area contributed by atoms with Gasteiger partial charge in [0.1, 0.15) is 13.2 Å². The molecule has 0 saturated heterocycles. The number of allylic oxidation sites excluding steroid dienone is 18. The second-order valence-electron chi connectivity index (χ2n) is 20.6.